The molecule has 1 saturated heterocycles. The highest BCUT2D eigenvalue weighted by Gasteiger charge is 2.67. The van der Waals surface area contributed by atoms with Crippen molar-refractivity contribution in [2.45, 2.75) is 114 Å². The van der Waals surface area contributed by atoms with Crippen LogP contribution in [0.25, 0.3) is 0 Å². The van der Waals surface area contributed by atoms with Crippen molar-refractivity contribution in [3.8, 4) is 17.2 Å². The lowest BCUT2D eigenvalue weighted by Gasteiger charge is -2.60. The Labute approximate surface area is 272 Å². The van der Waals surface area contributed by atoms with Gasteiger partial charge >= 0.3 is 5.97 Å². The summed E-state index contributed by atoms with van der Waals surface area (Å²) in [6.45, 7) is 6.29. The van der Waals surface area contributed by atoms with Gasteiger partial charge in [0.1, 0.15) is 11.9 Å². The average molecular weight is 629 g/mol. The molecule has 0 aromatic heterocycles. The van der Waals surface area contributed by atoms with Gasteiger partial charge in [-0.05, 0) is 76.2 Å². The number of nitrogens with zero attached hydrogens (tertiary/aromatic N) is 2. The SMILES string of the molecule is CCCCN(C(=O)CCCCC(=O)c1ccccc1)[C@H]1CC[C@H]2[C@H]3Cc4c(O)cc(OC(C)=O)c5c4[C@@]2(CCN3CC2CC2)[C@H]1O5. The van der Waals surface area contributed by atoms with Crippen LogP contribution in [-0.4, -0.2) is 70.4 Å². The molecular formula is C38H48N2O6. The van der Waals surface area contributed by atoms with Gasteiger partial charge in [-0.3, -0.25) is 19.3 Å². The standard InChI is InChI=1S/C38H48N2O6/c1-3-4-19-40(34(44)13-9-8-12-31(42)26-10-6-5-7-11-26)29-17-16-28-30-21-27-32(43)22-33(45-24(2)41)36-35(27)38(28,37(29)46-36)18-20-39(30)23-25-14-15-25/h5-7,10-11,22,25,28-30,37,43H,3-4,8-9,12-21,23H2,1-2H3/t28-,29-,30+,37-,38-/m0/s1. The van der Waals surface area contributed by atoms with E-state index < -0.39 is 5.97 Å². The molecule has 2 saturated carbocycles. The fraction of sp³-hybridized carbons (Fsp3) is 0.605. The van der Waals surface area contributed by atoms with E-state index in [1.165, 1.54) is 19.8 Å². The van der Waals surface area contributed by atoms with E-state index in [-0.39, 0.29) is 35.0 Å². The summed E-state index contributed by atoms with van der Waals surface area (Å²) in [5, 5.41) is 11.4. The van der Waals surface area contributed by atoms with Gasteiger partial charge in [0.25, 0.3) is 0 Å². The van der Waals surface area contributed by atoms with Crippen LogP contribution in [0.1, 0.15) is 106 Å². The first kappa shape index (κ1) is 31.2. The highest BCUT2D eigenvalue weighted by atomic mass is 16.6. The normalized spacial score (nSPS) is 27.4. The van der Waals surface area contributed by atoms with Crippen LogP contribution in [0.5, 0.6) is 17.2 Å². The molecule has 8 nitrogen and oxygen atoms in total. The molecule has 5 aliphatic rings. The maximum Gasteiger partial charge on any atom is 0.308 e. The van der Waals surface area contributed by atoms with Crippen molar-refractivity contribution in [2.24, 2.45) is 11.8 Å². The van der Waals surface area contributed by atoms with Gasteiger partial charge in [-0.1, -0.05) is 43.7 Å². The van der Waals surface area contributed by atoms with Gasteiger partial charge in [-0.15, -0.1) is 0 Å². The van der Waals surface area contributed by atoms with Crippen LogP contribution >= 0.6 is 0 Å². The zero-order valence-electron chi connectivity index (χ0n) is 27.3. The lowest BCUT2D eigenvalue weighted by Crippen LogP contribution is -2.69. The monoisotopic (exact) mass is 628 g/mol. The van der Waals surface area contributed by atoms with E-state index in [2.05, 4.69) is 16.7 Å². The summed E-state index contributed by atoms with van der Waals surface area (Å²) >= 11 is 0. The first-order chi connectivity index (χ1) is 22.3. The number of carbonyl (C=O) groups excluding carboxylic acids is 3. The molecule has 1 spiro atoms. The van der Waals surface area contributed by atoms with Crippen LogP contribution in [-0.2, 0) is 21.4 Å². The molecule has 3 fully saturated rings. The summed E-state index contributed by atoms with van der Waals surface area (Å²) in [6, 6.07) is 11.1. The van der Waals surface area contributed by atoms with Crippen LogP contribution in [0.15, 0.2) is 36.4 Å². The number of rotatable bonds is 13. The van der Waals surface area contributed by atoms with Crippen LogP contribution in [0, 0.1) is 11.8 Å². The summed E-state index contributed by atoms with van der Waals surface area (Å²) < 4.78 is 12.6. The molecular weight excluding hydrogens is 580 g/mol. The number of ketones is 1. The van der Waals surface area contributed by atoms with Gasteiger partial charge < -0.3 is 19.5 Å². The molecule has 1 N–H and O–H groups in total. The molecule has 8 heteroatoms. The van der Waals surface area contributed by atoms with Crippen molar-refractivity contribution in [3.63, 3.8) is 0 Å². The number of phenols is 1. The zero-order chi connectivity index (χ0) is 32.0. The Bertz CT molecular complexity index is 1490. The number of hydrogen-bond acceptors (Lipinski definition) is 7. The maximum atomic E-state index is 14.1. The minimum Gasteiger partial charge on any atom is -0.508 e. The molecule has 2 aromatic rings. The zero-order valence-corrected chi connectivity index (χ0v) is 27.3. The van der Waals surface area contributed by atoms with Crippen LogP contribution in [0.4, 0.5) is 0 Å². The first-order valence-corrected chi connectivity index (χ1v) is 17.7. The highest BCUT2D eigenvalue weighted by Crippen LogP contribution is 2.66. The van der Waals surface area contributed by atoms with Crippen molar-refractivity contribution in [3.05, 3.63) is 53.1 Å². The van der Waals surface area contributed by atoms with Crippen molar-refractivity contribution in [1.82, 2.24) is 9.80 Å². The molecule has 46 heavy (non-hydrogen) atoms. The second-order valence-corrected chi connectivity index (χ2v) is 14.4. The van der Waals surface area contributed by atoms with Gasteiger partial charge in [-0.25, -0.2) is 0 Å². The number of piperidine rings is 1. The van der Waals surface area contributed by atoms with Gasteiger partial charge in [-0.2, -0.15) is 0 Å². The van der Waals surface area contributed by atoms with E-state index in [9.17, 15) is 19.5 Å². The van der Waals surface area contributed by atoms with Crippen LogP contribution in [0.3, 0.4) is 0 Å². The molecule has 5 atom stereocenters. The molecule has 3 aliphatic carbocycles. The number of amides is 1. The lowest BCUT2D eigenvalue weighted by molar-refractivity contribution is -0.143. The topological polar surface area (TPSA) is 96.4 Å². The second kappa shape index (κ2) is 12.7. The number of unbranched alkanes of at least 4 members (excludes halogenated alkanes) is 2. The summed E-state index contributed by atoms with van der Waals surface area (Å²) in [4.78, 5) is 43.7. The number of benzene rings is 2. The number of esters is 1. The summed E-state index contributed by atoms with van der Waals surface area (Å²) in [6.07, 6.45) is 9.96. The number of aromatic hydroxyl groups is 1. The summed E-state index contributed by atoms with van der Waals surface area (Å²) in [5.41, 5.74) is 2.36. The van der Waals surface area contributed by atoms with E-state index in [1.54, 1.807) is 6.07 Å². The largest absolute Gasteiger partial charge is 0.508 e. The third-order valence-electron chi connectivity index (χ3n) is 11.5. The fourth-order valence-corrected chi connectivity index (χ4v) is 9.34. The molecule has 0 radical (unpaired) electrons. The molecule has 246 valence electrons. The molecule has 2 aliphatic heterocycles. The van der Waals surface area contributed by atoms with Crippen molar-refractivity contribution < 1.29 is 29.0 Å². The number of hydrogen-bond donors (Lipinski definition) is 1. The van der Waals surface area contributed by atoms with E-state index >= 15 is 0 Å². The van der Waals surface area contributed by atoms with Gasteiger partial charge in [0.2, 0.25) is 5.91 Å². The van der Waals surface area contributed by atoms with Crippen molar-refractivity contribution in [1.29, 1.82) is 0 Å². The van der Waals surface area contributed by atoms with Gasteiger partial charge in [0.15, 0.2) is 17.3 Å². The summed E-state index contributed by atoms with van der Waals surface area (Å²) in [5.74, 6) is 2.01. The quantitative estimate of drug-likeness (QED) is 0.122. The highest BCUT2D eigenvalue weighted by molar-refractivity contribution is 5.96. The van der Waals surface area contributed by atoms with E-state index in [0.29, 0.717) is 55.7 Å². The number of likely N-dealkylation sites (tertiary alicyclic amines) is 1. The Morgan fingerprint density at radius 1 is 1.07 bits per heavy atom. The van der Waals surface area contributed by atoms with E-state index in [0.717, 1.165) is 74.2 Å². The molecule has 7 rings (SSSR count). The lowest BCUT2D eigenvalue weighted by atomic mass is 9.50. The first-order valence-electron chi connectivity index (χ1n) is 17.7. The van der Waals surface area contributed by atoms with E-state index in [4.69, 9.17) is 9.47 Å². The van der Waals surface area contributed by atoms with Crippen LogP contribution < -0.4 is 9.47 Å². The van der Waals surface area contributed by atoms with E-state index in [1.807, 2.05) is 30.3 Å². The Hall–Kier alpha value is -3.39. The number of Topliss-reactive ketones (excluding diaryl/α,β-unsaturated/α-hetero) is 1. The Kier molecular flexibility index (Phi) is 8.60. The number of ether oxygens (including phenoxy) is 2. The molecule has 1 amide bonds. The van der Waals surface area contributed by atoms with Crippen molar-refractivity contribution in [2.75, 3.05) is 19.6 Å². The predicted octanol–water partition coefficient (Wildman–Crippen LogP) is 6.21. The fourth-order valence-electron chi connectivity index (χ4n) is 9.34. The van der Waals surface area contributed by atoms with Gasteiger partial charge in [0, 0.05) is 67.1 Å². The molecule has 0 unspecified atom stereocenters. The summed E-state index contributed by atoms with van der Waals surface area (Å²) in [7, 11) is 0. The number of phenolic OH excluding ortho intramolecular Hbond substituents is 1. The second-order valence-electron chi connectivity index (χ2n) is 14.4. The molecule has 2 aromatic carbocycles. The average Bonchev–Trinajstić information content (AvgIpc) is 3.80. The third-order valence-corrected chi connectivity index (χ3v) is 11.5. The van der Waals surface area contributed by atoms with Gasteiger partial charge in [0.05, 0.1) is 6.04 Å². The Balaban J connectivity index is 1.16. The minimum atomic E-state index is -0.446. The molecule has 2 bridgehead atoms. The Morgan fingerprint density at radius 2 is 1.85 bits per heavy atom. The van der Waals surface area contributed by atoms with Crippen LogP contribution in [0.2, 0.25) is 0 Å². The maximum absolute atomic E-state index is 14.1. The smallest absolute Gasteiger partial charge is 0.308 e. The third kappa shape index (κ3) is 5.50. The molecule has 2 heterocycles. The predicted molar refractivity (Wildman–Crippen MR) is 174 cm³/mol. The Morgan fingerprint density at radius 3 is 2.59 bits per heavy atom. The minimum absolute atomic E-state index is 0.109. The number of carbonyl (C=O) groups is 3. The van der Waals surface area contributed by atoms with Crippen molar-refractivity contribution >= 4 is 17.7 Å².